The smallest absolute Gasteiger partial charge is 0.307 e. The summed E-state index contributed by atoms with van der Waals surface area (Å²) in [4.78, 5) is 23.3. The number of hydrogen-bond acceptors (Lipinski definition) is 5. The van der Waals surface area contributed by atoms with Crippen LogP contribution in [0.1, 0.15) is 27.9 Å². The molecule has 5 N–H and O–H groups in total. The molecule has 2 aromatic carbocycles. The van der Waals surface area contributed by atoms with Gasteiger partial charge in [0.15, 0.2) is 0 Å². The summed E-state index contributed by atoms with van der Waals surface area (Å²) >= 11 is 0. The first-order valence-corrected chi connectivity index (χ1v) is 9.32. The number of carboxylic acids is 1. The number of hydrogen-bond donors (Lipinski definition) is 4. The Hall–Kier alpha value is -2.90. The summed E-state index contributed by atoms with van der Waals surface area (Å²) in [6.07, 6.45) is 1.40. The molecule has 0 aromatic heterocycles. The number of carboxylic acid groups (broad SMARTS) is 1. The average Bonchev–Trinajstić information content (AvgIpc) is 3.24. The van der Waals surface area contributed by atoms with Crippen molar-refractivity contribution in [3.05, 3.63) is 65.2 Å². The summed E-state index contributed by atoms with van der Waals surface area (Å²) in [5.41, 5.74) is 4.44. The normalized spacial score (nSPS) is 17.1. The standard InChI is InChI=1S/C21H25N3O4/c22-24-20(25)16-5-2-6-18(11-16)28-13-15-4-1-3-14(9-15)10-19(21(26)27)17-7-8-23-12-17/h1-6,9,11,17,19,23H,7-8,10,12-13,22H2,(H,24,25)(H,26,27)/t17-,19?/m0/s1. The molecule has 1 amide bonds. The van der Waals surface area contributed by atoms with Gasteiger partial charge in [0.1, 0.15) is 12.4 Å². The zero-order valence-corrected chi connectivity index (χ0v) is 15.6. The van der Waals surface area contributed by atoms with Crippen LogP contribution in [-0.4, -0.2) is 30.1 Å². The van der Waals surface area contributed by atoms with E-state index >= 15 is 0 Å². The van der Waals surface area contributed by atoms with Gasteiger partial charge in [0.2, 0.25) is 0 Å². The summed E-state index contributed by atoms with van der Waals surface area (Å²) in [5, 5.41) is 12.9. The monoisotopic (exact) mass is 383 g/mol. The molecule has 1 heterocycles. The topological polar surface area (TPSA) is 114 Å². The number of nitrogen functional groups attached to an aromatic ring is 1. The van der Waals surface area contributed by atoms with Gasteiger partial charge in [0.05, 0.1) is 5.92 Å². The lowest BCUT2D eigenvalue weighted by molar-refractivity contribution is -0.143. The van der Waals surface area contributed by atoms with E-state index in [0.29, 0.717) is 24.3 Å². The first-order valence-electron chi connectivity index (χ1n) is 9.32. The van der Waals surface area contributed by atoms with Crippen LogP contribution in [0, 0.1) is 11.8 Å². The fourth-order valence-corrected chi connectivity index (χ4v) is 3.55. The molecule has 1 fully saturated rings. The van der Waals surface area contributed by atoms with Crippen LogP contribution in [0.4, 0.5) is 0 Å². The lowest BCUT2D eigenvalue weighted by Gasteiger charge is -2.19. The first-order chi connectivity index (χ1) is 13.6. The van der Waals surface area contributed by atoms with Gasteiger partial charge in [-0.3, -0.25) is 15.0 Å². The van der Waals surface area contributed by atoms with Gasteiger partial charge < -0.3 is 15.2 Å². The van der Waals surface area contributed by atoms with Crippen LogP contribution in [0.3, 0.4) is 0 Å². The molecule has 3 rings (SSSR count). The molecule has 0 bridgehead atoms. The lowest BCUT2D eigenvalue weighted by Crippen LogP contribution is -2.29. The second-order valence-corrected chi connectivity index (χ2v) is 7.01. The third kappa shape index (κ3) is 5.09. The molecule has 148 valence electrons. The quantitative estimate of drug-likeness (QED) is 0.314. The fraction of sp³-hybridized carbons (Fsp3) is 0.333. The van der Waals surface area contributed by atoms with E-state index in [1.807, 2.05) is 24.3 Å². The Labute approximate surface area is 163 Å². The van der Waals surface area contributed by atoms with Crippen LogP contribution in [0.15, 0.2) is 48.5 Å². The van der Waals surface area contributed by atoms with E-state index in [-0.39, 0.29) is 11.8 Å². The Morgan fingerprint density at radius 2 is 2.00 bits per heavy atom. The predicted molar refractivity (Wildman–Crippen MR) is 105 cm³/mol. The minimum Gasteiger partial charge on any atom is -0.489 e. The zero-order valence-electron chi connectivity index (χ0n) is 15.6. The van der Waals surface area contributed by atoms with Gasteiger partial charge in [-0.1, -0.05) is 30.3 Å². The maximum atomic E-state index is 11.7. The molecule has 7 heteroatoms. The number of aliphatic carboxylic acids is 1. The summed E-state index contributed by atoms with van der Waals surface area (Å²) in [6.45, 7) is 1.96. The number of hydrazine groups is 1. The molecule has 0 saturated carbocycles. The highest BCUT2D eigenvalue weighted by Crippen LogP contribution is 2.24. The van der Waals surface area contributed by atoms with Gasteiger partial charge in [0, 0.05) is 5.56 Å². The van der Waals surface area contributed by atoms with Crippen LogP contribution in [-0.2, 0) is 17.8 Å². The maximum absolute atomic E-state index is 11.7. The molecule has 0 radical (unpaired) electrons. The number of carbonyl (C=O) groups is 2. The first kappa shape index (κ1) is 19.9. The van der Waals surface area contributed by atoms with Crippen LogP contribution in [0.2, 0.25) is 0 Å². The van der Waals surface area contributed by atoms with Crippen LogP contribution in [0.25, 0.3) is 0 Å². The summed E-state index contributed by atoms with van der Waals surface area (Å²) in [6, 6.07) is 14.6. The van der Waals surface area contributed by atoms with Crippen molar-refractivity contribution in [1.82, 2.24) is 10.7 Å². The SMILES string of the molecule is NNC(=O)c1cccc(OCc2cccc(CC(C(=O)O)[C@H]3CCNC3)c2)c1. The molecule has 2 aromatic rings. The van der Waals surface area contributed by atoms with Crippen molar-refractivity contribution in [3.8, 4) is 5.75 Å². The minimum absolute atomic E-state index is 0.161. The molecule has 0 spiro atoms. The molecule has 1 unspecified atom stereocenters. The highest BCUT2D eigenvalue weighted by molar-refractivity contribution is 5.94. The fourth-order valence-electron chi connectivity index (χ4n) is 3.55. The third-order valence-electron chi connectivity index (χ3n) is 5.06. The summed E-state index contributed by atoms with van der Waals surface area (Å²) in [5.74, 6) is 4.36. The van der Waals surface area contributed by atoms with E-state index in [4.69, 9.17) is 10.6 Å². The van der Waals surface area contributed by atoms with Crippen LogP contribution in [0.5, 0.6) is 5.75 Å². The molecule has 1 saturated heterocycles. The highest BCUT2D eigenvalue weighted by atomic mass is 16.5. The van der Waals surface area contributed by atoms with E-state index in [2.05, 4.69) is 10.7 Å². The second kappa shape index (κ2) is 9.34. The molecule has 7 nitrogen and oxygen atoms in total. The van der Waals surface area contributed by atoms with E-state index in [1.165, 1.54) is 0 Å². The summed E-state index contributed by atoms with van der Waals surface area (Å²) in [7, 11) is 0. The van der Waals surface area contributed by atoms with E-state index in [9.17, 15) is 14.7 Å². The van der Waals surface area contributed by atoms with E-state index in [1.54, 1.807) is 24.3 Å². The Morgan fingerprint density at radius 1 is 1.21 bits per heavy atom. The van der Waals surface area contributed by atoms with Gasteiger partial charge in [-0.15, -0.1) is 0 Å². The van der Waals surface area contributed by atoms with Crippen molar-refractivity contribution in [2.45, 2.75) is 19.4 Å². The van der Waals surface area contributed by atoms with Crippen molar-refractivity contribution in [2.75, 3.05) is 13.1 Å². The Morgan fingerprint density at radius 3 is 2.71 bits per heavy atom. The van der Waals surface area contributed by atoms with Crippen LogP contribution < -0.4 is 21.3 Å². The van der Waals surface area contributed by atoms with Gasteiger partial charge >= 0.3 is 5.97 Å². The van der Waals surface area contributed by atoms with Crippen molar-refractivity contribution in [2.24, 2.45) is 17.7 Å². The lowest BCUT2D eigenvalue weighted by atomic mass is 9.86. The molecule has 1 aliphatic heterocycles. The molecule has 1 aliphatic rings. The summed E-state index contributed by atoms with van der Waals surface area (Å²) < 4.78 is 5.79. The number of carbonyl (C=O) groups excluding carboxylic acids is 1. The minimum atomic E-state index is -0.745. The van der Waals surface area contributed by atoms with Gasteiger partial charge in [-0.05, 0) is 61.2 Å². The molecular formula is C21H25N3O4. The predicted octanol–water partition coefficient (Wildman–Crippen LogP) is 1.72. The molecule has 2 atom stereocenters. The maximum Gasteiger partial charge on any atom is 0.307 e. The molecule has 0 aliphatic carbocycles. The number of nitrogens with two attached hydrogens (primary N) is 1. The Balaban J connectivity index is 1.64. The third-order valence-corrected chi connectivity index (χ3v) is 5.06. The van der Waals surface area contributed by atoms with Gasteiger partial charge in [-0.2, -0.15) is 0 Å². The van der Waals surface area contributed by atoms with Crippen LogP contribution >= 0.6 is 0 Å². The van der Waals surface area contributed by atoms with Crippen molar-refractivity contribution in [1.29, 1.82) is 0 Å². The van der Waals surface area contributed by atoms with Gasteiger partial charge in [0.25, 0.3) is 5.91 Å². The number of nitrogens with one attached hydrogen (secondary N) is 2. The molecule has 28 heavy (non-hydrogen) atoms. The highest BCUT2D eigenvalue weighted by Gasteiger charge is 2.30. The van der Waals surface area contributed by atoms with Crippen molar-refractivity contribution < 1.29 is 19.4 Å². The second-order valence-electron chi connectivity index (χ2n) is 7.01. The Kier molecular flexibility index (Phi) is 6.62. The molecular weight excluding hydrogens is 358 g/mol. The van der Waals surface area contributed by atoms with Crippen molar-refractivity contribution >= 4 is 11.9 Å². The average molecular weight is 383 g/mol. The van der Waals surface area contributed by atoms with Gasteiger partial charge in [-0.25, -0.2) is 5.84 Å². The largest absolute Gasteiger partial charge is 0.489 e. The van der Waals surface area contributed by atoms with Crippen molar-refractivity contribution in [3.63, 3.8) is 0 Å². The number of rotatable bonds is 8. The number of benzene rings is 2. The number of ether oxygens (including phenoxy) is 1. The number of amides is 1. The Bertz CT molecular complexity index is 834. The van der Waals surface area contributed by atoms with E-state index < -0.39 is 11.9 Å². The zero-order chi connectivity index (χ0) is 19.9. The van der Waals surface area contributed by atoms with E-state index in [0.717, 1.165) is 30.6 Å².